The maximum absolute atomic E-state index is 12.9. The van der Waals surface area contributed by atoms with Crippen LogP contribution in [0.25, 0.3) is 0 Å². The van der Waals surface area contributed by atoms with Crippen molar-refractivity contribution in [1.82, 2.24) is 0 Å². The molecule has 5 nitrogen and oxygen atoms in total. The standard InChI is InChI=1S/C15H13FO5S/c1-9-7-13(21-11-5-3-10(16)4-6-11)14(22(2,19)20)8-12(9)15(17)18/h3-8H,1-2H3,(H,17,18). The van der Waals surface area contributed by atoms with Crippen LogP contribution in [0.2, 0.25) is 0 Å². The summed E-state index contributed by atoms with van der Waals surface area (Å²) in [5.41, 5.74) is 0.240. The van der Waals surface area contributed by atoms with Gasteiger partial charge in [-0.05, 0) is 48.9 Å². The Morgan fingerprint density at radius 2 is 1.77 bits per heavy atom. The van der Waals surface area contributed by atoms with E-state index in [2.05, 4.69) is 0 Å². The van der Waals surface area contributed by atoms with E-state index in [0.29, 0.717) is 5.56 Å². The smallest absolute Gasteiger partial charge is 0.335 e. The van der Waals surface area contributed by atoms with Crippen LogP contribution in [0.4, 0.5) is 4.39 Å². The molecule has 2 rings (SSSR count). The monoisotopic (exact) mass is 324 g/mol. The van der Waals surface area contributed by atoms with Crippen LogP contribution in [-0.2, 0) is 9.84 Å². The van der Waals surface area contributed by atoms with Gasteiger partial charge in [0, 0.05) is 6.26 Å². The number of aryl methyl sites for hydroxylation is 1. The average Bonchev–Trinajstić information content (AvgIpc) is 2.39. The van der Waals surface area contributed by atoms with Gasteiger partial charge in [-0.2, -0.15) is 0 Å². The summed E-state index contributed by atoms with van der Waals surface area (Å²) in [6.45, 7) is 1.53. The molecule has 0 aliphatic carbocycles. The highest BCUT2D eigenvalue weighted by atomic mass is 32.2. The normalized spacial score (nSPS) is 11.2. The lowest BCUT2D eigenvalue weighted by molar-refractivity contribution is 0.0696. The second kappa shape index (κ2) is 5.76. The zero-order chi connectivity index (χ0) is 16.5. The highest BCUT2D eigenvalue weighted by Crippen LogP contribution is 2.31. The third-order valence-corrected chi connectivity index (χ3v) is 4.08. The fraction of sp³-hybridized carbons (Fsp3) is 0.133. The van der Waals surface area contributed by atoms with Gasteiger partial charge in [0.05, 0.1) is 5.56 Å². The summed E-state index contributed by atoms with van der Waals surface area (Å²) < 4.78 is 42.1. The molecule has 0 saturated heterocycles. The number of carboxylic acid groups (broad SMARTS) is 1. The summed E-state index contributed by atoms with van der Waals surface area (Å²) in [6, 6.07) is 7.45. The lowest BCUT2D eigenvalue weighted by atomic mass is 10.1. The minimum absolute atomic E-state index is 0.00314. The minimum Gasteiger partial charge on any atom is -0.478 e. The minimum atomic E-state index is -3.70. The molecule has 2 aromatic carbocycles. The Morgan fingerprint density at radius 1 is 1.18 bits per heavy atom. The van der Waals surface area contributed by atoms with Crippen LogP contribution in [-0.4, -0.2) is 25.7 Å². The fourth-order valence-corrected chi connectivity index (χ4v) is 2.69. The van der Waals surface area contributed by atoms with Crippen molar-refractivity contribution in [1.29, 1.82) is 0 Å². The van der Waals surface area contributed by atoms with Crippen molar-refractivity contribution in [3.63, 3.8) is 0 Å². The first-order valence-corrected chi connectivity index (χ1v) is 8.09. The largest absolute Gasteiger partial charge is 0.478 e. The number of ether oxygens (including phenoxy) is 1. The second-order valence-corrected chi connectivity index (χ2v) is 6.73. The zero-order valence-corrected chi connectivity index (χ0v) is 12.6. The summed E-state index contributed by atoms with van der Waals surface area (Å²) in [6.07, 6.45) is 0.959. The SMILES string of the molecule is Cc1cc(Oc2ccc(F)cc2)c(S(C)(=O)=O)cc1C(=O)O. The molecule has 0 aromatic heterocycles. The molecule has 7 heteroatoms. The number of sulfone groups is 1. The van der Waals surface area contributed by atoms with Crippen molar-refractivity contribution in [3.05, 3.63) is 53.3 Å². The maximum atomic E-state index is 12.9. The van der Waals surface area contributed by atoms with E-state index in [4.69, 9.17) is 9.84 Å². The average molecular weight is 324 g/mol. The van der Waals surface area contributed by atoms with E-state index >= 15 is 0 Å². The number of benzene rings is 2. The lowest BCUT2D eigenvalue weighted by Gasteiger charge is -2.13. The second-order valence-electron chi connectivity index (χ2n) is 4.75. The molecule has 0 fully saturated rings. The van der Waals surface area contributed by atoms with Gasteiger partial charge in [-0.1, -0.05) is 0 Å². The molecular weight excluding hydrogens is 311 g/mol. The molecule has 0 radical (unpaired) electrons. The van der Waals surface area contributed by atoms with E-state index in [0.717, 1.165) is 12.3 Å². The highest BCUT2D eigenvalue weighted by molar-refractivity contribution is 7.90. The first kappa shape index (κ1) is 16.0. The topological polar surface area (TPSA) is 80.7 Å². The summed E-state index contributed by atoms with van der Waals surface area (Å²) in [4.78, 5) is 10.9. The molecular formula is C15H13FO5S. The van der Waals surface area contributed by atoms with Crippen LogP contribution in [0.5, 0.6) is 11.5 Å². The number of halogens is 1. The number of aromatic carboxylic acids is 1. The Bertz CT molecular complexity index is 826. The molecule has 0 aliphatic heterocycles. The van der Waals surface area contributed by atoms with Gasteiger partial charge in [-0.15, -0.1) is 0 Å². The summed E-state index contributed by atoms with van der Waals surface area (Å²) in [5, 5.41) is 9.09. The Balaban J connectivity index is 2.57. The third kappa shape index (κ3) is 3.43. The number of carboxylic acids is 1. The summed E-state index contributed by atoms with van der Waals surface area (Å²) >= 11 is 0. The maximum Gasteiger partial charge on any atom is 0.335 e. The third-order valence-electron chi connectivity index (χ3n) is 2.96. The molecule has 1 N–H and O–H groups in total. The van der Waals surface area contributed by atoms with E-state index in [1.54, 1.807) is 0 Å². The molecule has 2 aromatic rings. The van der Waals surface area contributed by atoms with Gasteiger partial charge in [0.15, 0.2) is 9.84 Å². The number of hydrogen-bond acceptors (Lipinski definition) is 4. The van der Waals surface area contributed by atoms with Gasteiger partial charge in [-0.3, -0.25) is 0 Å². The molecule has 0 atom stereocenters. The highest BCUT2D eigenvalue weighted by Gasteiger charge is 2.20. The number of rotatable bonds is 4. The number of hydrogen-bond donors (Lipinski definition) is 1. The van der Waals surface area contributed by atoms with Crippen molar-refractivity contribution in [2.75, 3.05) is 6.26 Å². The van der Waals surface area contributed by atoms with Crippen LogP contribution >= 0.6 is 0 Å². The first-order valence-electron chi connectivity index (χ1n) is 6.20. The molecule has 0 aliphatic rings. The van der Waals surface area contributed by atoms with Crippen LogP contribution in [0.1, 0.15) is 15.9 Å². The molecule has 116 valence electrons. The summed E-state index contributed by atoms with van der Waals surface area (Å²) in [7, 11) is -3.70. The van der Waals surface area contributed by atoms with E-state index < -0.39 is 21.6 Å². The Morgan fingerprint density at radius 3 is 2.27 bits per heavy atom. The van der Waals surface area contributed by atoms with Crippen LogP contribution in [0, 0.1) is 12.7 Å². The molecule has 0 heterocycles. The van der Waals surface area contributed by atoms with E-state index in [1.807, 2.05) is 0 Å². The zero-order valence-electron chi connectivity index (χ0n) is 11.8. The Labute approximate surface area is 126 Å². The fourth-order valence-electron chi connectivity index (χ4n) is 1.89. The van der Waals surface area contributed by atoms with Gasteiger partial charge in [0.25, 0.3) is 0 Å². The van der Waals surface area contributed by atoms with Crippen LogP contribution in [0.3, 0.4) is 0 Å². The molecule has 0 unspecified atom stereocenters. The van der Waals surface area contributed by atoms with Crippen molar-refractivity contribution in [2.24, 2.45) is 0 Å². The lowest BCUT2D eigenvalue weighted by Crippen LogP contribution is -2.06. The van der Waals surface area contributed by atoms with Crippen molar-refractivity contribution >= 4 is 15.8 Å². The first-order chi connectivity index (χ1) is 10.2. The van der Waals surface area contributed by atoms with Crippen LogP contribution in [0.15, 0.2) is 41.3 Å². The van der Waals surface area contributed by atoms with Gasteiger partial charge in [0.2, 0.25) is 0 Å². The Hall–Kier alpha value is -2.41. The van der Waals surface area contributed by atoms with Gasteiger partial charge >= 0.3 is 5.97 Å². The predicted molar refractivity (Wildman–Crippen MR) is 77.7 cm³/mol. The van der Waals surface area contributed by atoms with E-state index in [9.17, 15) is 17.6 Å². The van der Waals surface area contributed by atoms with Crippen molar-refractivity contribution < 1.29 is 27.4 Å². The van der Waals surface area contributed by atoms with E-state index in [1.165, 1.54) is 37.3 Å². The van der Waals surface area contributed by atoms with Crippen molar-refractivity contribution in [2.45, 2.75) is 11.8 Å². The molecule has 0 amide bonds. The van der Waals surface area contributed by atoms with Gasteiger partial charge < -0.3 is 9.84 Å². The molecule has 0 saturated carbocycles. The molecule has 22 heavy (non-hydrogen) atoms. The number of carbonyl (C=O) groups is 1. The molecule has 0 spiro atoms. The van der Waals surface area contributed by atoms with E-state index in [-0.39, 0.29) is 22.0 Å². The van der Waals surface area contributed by atoms with Crippen LogP contribution < -0.4 is 4.74 Å². The van der Waals surface area contributed by atoms with Gasteiger partial charge in [-0.25, -0.2) is 17.6 Å². The van der Waals surface area contributed by atoms with Crippen molar-refractivity contribution in [3.8, 4) is 11.5 Å². The predicted octanol–water partition coefficient (Wildman–Crippen LogP) is 3.03. The van der Waals surface area contributed by atoms with Gasteiger partial charge in [0.1, 0.15) is 22.2 Å². The quantitative estimate of drug-likeness (QED) is 0.935. The summed E-state index contributed by atoms with van der Waals surface area (Å²) in [5.74, 6) is -1.44. The molecule has 0 bridgehead atoms. The Kier molecular flexibility index (Phi) is 4.18.